The molecule has 0 unspecified atom stereocenters. The number of urea groups is 1. The maximum Gasteiger partial charge on any atom is 0.323 e. The number of carbonyl (C=O) groups is 4. The van der Waals surface area contributed by atoms with Crippen molar-refractivity contribution in [1.29, 1.82) is 0 Å². The number of aliphatic hydroxyl groups is 3. The molecule has 43 heavy (non-hydrogen) atoms. The lowest BCUT2D eigenvalue weighted by Gasteiger charge is -2.50. The summed E-state index contributed by atoms with van der Waals surface area (Å²) in [6, 6.07) is 8.35. The molecule has 0 saturated carbocycles. The quantitative estimate of drug-likeness (QED) is 0.198. The Labute approximate surface area is 246 Å². The minimum atomic E-state index is -2.74. The number of benzene rings is 2. The molecule has 13 nitrogen and oxygen atoms in total. The number of likely N-dealkylation sites (N-methyl/N-ethyl adjacent to an activating group) is 1. The Kier molecular flexibility index (Phi) is 7.19. The summed E-state index contributed by atoms with van der Waals surface area (Å²) in [6.45, 7) is 0. The van der Waals surface area contributed by atoms with Crippen LogP contribution in [0.1, 0.15) is 22.3 Å². The van der Waals surface area contributed by atoms with Gasteiger partial charge in [-0.05, 0) is 56.6 Å². The van der Waals surface area contributed by atoms with E-state index in [0.717, 1.165) is 0 Å². The van der Waals surface area contributed by atoms with Crippen LogP contribution in [0.15, 0.2) is 59.1 Å². The van der Waals surface area contributed by atoms with Crippen LogP contribution in [0.25, 0.3) is 0 Å². The van der Waals surface area contributed by atoms with Gasteiger partial charge in [-0.25, -0.2) is 4.79 Å². The second kappa shape index (κ2) is 10.4. The number of aromatic hydroxyl groups is 1. The smallest absolute Gasteiger partial charge is 0.323 e. The van der Waals surface area contributed by atoms with Crippen molar-refractivity contribution in [2.75, 3.05) is 43.7 Å². The van der Waals surface area contributed by atoms with E-state index in [2.05, 4.69) is 10.6 Å². The fraction of sp³-hybridized carbons (Fsp3) is 0.333. The molecule has 0 fully saturated rings. The molecular weight excluding hydrogens is 558 g/mol. The van der Waals surface area contributed by atoms with Crippen LogP contribution < -0.4 is 21.3 Å². The van der Waals surface area contributed by atoms with Crippen LogP contribution in [-0.4, -0.2) is 88.7 Å². The van der Waals surface area contributed by atoms with E-state index in [1.54, 1.807) is 63.4 Å². The summed E-state index contributed by atoms with van der Waals surface area (Å²) in [5.74, 6) is -7.45. The number of nitrogens with zero attached hydrogens (tertiary/aromatic N) is 2. The van der Waals surface area contributed by atoms with Crippen molar-refractivity contribution in [3.8, 4) is 5.75 Å². The molecule has 8 N–H and O–H groups in total. The predicted molar refractivity (Wildman–Crippen MR) is 157 cm³/mol. The molecule has 3 amide bonds. The number of anilines is 3. The number of Topliss-reactive ketones (excluding diaryl/α,β-unsaturated/α-hetero) is 2. The number of fused-ring (bicyclic) bond motifs is 3. The van der Waals surface area contributed by atoms with Crippen molar-refractivity contribution in [3.05, 3.63) is 70.2 Å². The van der Waals surface area contributed by atoms with Crippen LogP contribution in [0.4, 0.5) is 21.9 Å². The Bertz CT molecular complexity index is 1630. The molecule has 226 valence electrons. The Hall–Kier alpha value is -4.88. The van der Waals surface area contributed by atoms with Crippen LogP contribution in [0.5, 0.6) is 5.75 Å². The zero-order valence-electron chi connectivity index (χ0n) is 24.0. The molecule has 0 heterocycles. The van der Waals surface area contributed by atoms with Gasteiger partial charge in [0.05, 0.1) is 17.3 Å². The number of nitrogens with one attached hydrogen (secondary N) is 2. The molecule has 5 rings (SSSR count). The van der Waals surface area contributed by atoms with E-state index in [1.165, 1.54) is 11.0 Å². The number of phenolic OH excluding ortho intramolecular Hbond substituents is 1. The van der Waals surface area contributed by atoms with Gasteiger partial charge in [-0.1, -0.05) is 18.2 Å². The van der Waals surface area contributed by atoms with Gasteiger partial charge >= 0.3 is 6.03 Å². The number of phenols is 1. The van der Waals surface area contributed by atoms with Crippen LogP contribution in [0.3, 0.4) is 0 Å². The van der Waals surface area contributed by atoms with Gasteiger partial charge in [0.15, 0.2) is 17.1 Å². The topological polar surface area (TPSA) is 206 Å². The van der Waals surface area contributed by atoms with Crippen molar-refractivity contribution in [2.24, 2.45) is 17.6 Å². The van der Waals surface area contributed by atoms with Gasteiger partial charge in [0.2, 0.25) is 5.78 Å². The molecule has 0 spiro atoms. The lowest BCUT2D eigenvalue weighted by molar-refractivity contribution is -0.148. The van der Waals surface area contributed by atoms with E-state index in [-0.39, 0.29) is 29.7 Å². The third-order valence-corrected chi connectivity index (χ3v) is 8.46. The fourth-order valence-electron chi connectivity index (χ4n) is 6.60. The summed E-state index contributed by atoms with van der Waals surface area (Å²) in [6.07, 6.45) is 0.0883. The SMILES string of the molecule is CN(C)c1cc(NC(=O)Nc2ccccc2)c(O)c2c1C[C@H]1C[C@H]3[C@@H](N(C)C)C(O)=C(C(N)=O)C(=O)[C@@]3(O)C(O)=C1C2=O. The number of amides is 3. The Morgan fingerprint density at radius 2 is 1.67 bits per heavy atom. The van der Waals surface area contributed by atoms with E-state index in [1.807, 2.05) is 0 Å². The third kappa shape index (κ3) is 4.48. The van der Waals surface area contributed by atoms with E-state index >= 15 is 0 Å². The van der Waals surface area contributed by atoms with Crippen LogP contribution >= 0.6 is 0 Å². The highest BCUT2D eigenvalue weighted by Gasteiger charge is 2.63. The van der Waals surface area contributed by atoms with Gasteiger partial charge in [0.25, 0.3) is 5.91 Å². The zero-order valence-corrected chi connectivity index (χ0v) is 24.0. The van der Waals surface area contributed by atoms with Crippen molar-refractivity contribution in [2.45, 2.75) is 24.5 Å². The number of para-hydroxylation sites is 1. The number of carbonyl (C=O) groups excluding carboxylic acids is 4. The first-order valence-electron chi connectivity index (χ1n) is 13.5. The second-order valence-corrected chi connectivity index (χ2v) is 11.4. The van der Waals surface area contributed by atoms with E-state index in [4.69, 9.17) is 5.73 Å². The lowest BCUT2D eigenvalue weighted by Crippen LogP contribution is -2.63. The number of aliphatic hydroxyl groups excluding tert-OH is 2. The molecule has 3 aliphatic carbocycles. The molecular formula is C30H33N5O8. The third-order valence-electron chi connectivity index (χ3n) is 8.46. The summed E-state index contributed by atoms with van der Waals surface area (Å²) in [5.41, 5.74) is 2.64. The number of primary amides is 1. The Balaban J connectivity index is 1.63. The second-order valence-electron chi connectivity index (χ2n) is 11.4. The van der Waals surface area contributed by atoms with Gasteiger partial charge < -0.3 is 41.7 Å². The van der Waals surface area contributed by atoms with Gasteiger partial charge in [-0.2, -0.15) is 0 Å². The molecule has 13 heteroatoms. The highest BCUT2D eigenvalue weighted by molar-refractivity contribution is 6.25. The van der Waals surface area contributed by atoms with Crippen molar-refractivity contribution in [1.82, 2.24) is 4.90 Å². The van der Waals surface area contributed by atoms with Crippen LogP contribution in [0.2, 0.25) is 0 Å². The van der Waals surface area contributed by atoms with Gasteiger partial charge in [0.1, 0.15) is 17.1 Å². The van der Waals surface area contributed by atoms with Crippen molar-refractivity contribution < 1.29 is 39.6 Å². The van der Waals surface area contributed by atoms with Crippen LogP contribution in [-0.2, 0) is 16.0 Å². The van der Waals surface area contributed by atoms with E-state index in [0.29, 0.717) is 16.9 Å². The Morgan fingerprint density at radius 3 is 2.26 bits per heavy atom. The molecule has 2 aromatic rings. The number of rotatable bonds is 5. The standard InChI is InChI=1S/C30H33N5O8/c1-34(2)18-12-17(33-29(42)32-14-8-6-5-7-9-14)23(36)20-15(18)10-13-11-16-22(35(3)4)25(38)21(28(31)41)27(40)30(16,43)26(39)19(13)24(20)37/h5-9,12-13,16,22,36,38-39,43H,10-11H2,1-4H3,(H2,31,41)(H2,32,33,42)/t13-,16-,22+,30-/m0/s1. The van der Waals surface area contributed by atoms with E-state index in [9.17, 15) is 39.6 Å². The highest BCUT2D eigenvalue weighted by atomic mass is 16.3. The van der Waals surface area contributed by atoms with Crippen molar-refractivity contribution in [3.63, 3.8) is 0 Å². The Morgan fingerprint density at radius 1 is 1.02 bits per heavy atom. The molecule has 0 aromatic heterocycles. The normalized spacial score (nSPS) is 24.7. The van der Waals surface area contributed by atoms with Crippen molar-refractivity contribution >= 4 is 40.6 Å². The summed E-state index contributed by atoms with van der Waals surface area (Å²) in [4.78, 5) is 55.7. The largest absolute Gasteiger partial charge is 0.510 e. The molecule has 0 radical (unpaired) electrons. The molecule has 0 bridgehead atoms. The first kappa shape index (κ1) is 29.6. The van der Waals surface area contributed by atoms with E-state index < -0.39 is 69.8 Å². The average molecular weight is 592 g/mol. The molecule has 3 aliphatic rings. The summed E-state index contributed by atoms with van der Waals surface area (Å²) < 4.78 is 0. The monoisotopic (exact) mass is 591 g/mol. The number of ketones is 2. The average Bonchev–Trinajstić information content (AvgIpc) is 2.92. The first-order valence-corrected chi connectivity index (χ1v) is 13.5. The summed E-state index contributed by atoms with van der Waals surface area (Å²) in [7, 11) is 6.59. The number of nitrogens with two attached hydrogens (primary N) is 1. The van der Waals surface area contributed by atoms with Crippen LogP contribution in [0, 0.1) is 11.8 Å². The number of hydrogen-bond donors (Lipinski definition) is 7. The van der Waals surface area contributed by atoms with Gasteiger partial charge in [0, 0.05) is 37.0 Å². The number of hydrogen-bond acceptors (Lipinski definition) is 10. The number of allylic oxidation sites excluding steroid dienone is 1. The van der Waals surface area contributed by atoms with Gasteiger partial charge in [-0.15, -0.1) is 0 Å². The fourth-order valence-corrected chi connectivity index (χ4v) is 6.60. The minimum Gasteiger partial charge on any atom is -0.510 e. The molecule has 4 atom stereocenters. The molecule has 2 aromatic carbocycles. The van der Waals surface area contributed by atoms with Gasteiger partial charge in [-0.3, -0.25) is 19.3 Å². The first-order chi connectivity index (χ1) is 20.2. The summed E-state index contributed by atoms with van der Waals surface area (Å²) >= 11 is 0. The maximum atomic E-state index is 14.1. The lowest BCUT2D eigenvalue weighted by atomic mass is 9.58. The zero-order chi connectivity index (χ0) is 31.5. The predicted octanol–water partition coefficient (Wildman–Crippen LogP) is 1.83. The minimum absolute atomic E-state index is 0.0289. The maximum absolute atomic E-state index is 14.1. The molecule has 0 aliphatic heterocycles. The summed E-state index contributed by atoms with van der Waals surface area (Å²) in [5, 5.41) is 50.7. The molecule has 0 saturated heterocycles. The highest BCUT2D eigenvalue weighted by Crippen LogP contribution is 2.53.